The third kappa shape index (κ3) is 2.31. The molecule has 0 heterocycles. The van der Waals surface area contributed by atoms with Crippen LogP contribution in [-0.2, 0) is 0 Å². The summed E-state index contributed by atoms with van der Waals surface area (Å²) in [6, 6.07) is 0.362. The summed E-state index contributed by atoms with van der Waals surface area (Å²) < 4.78 is 0. The molecule has 0 saturated heterocycles. The summed E-state index contributed by atoms with van der Waals surface area (Å²) in [5, 5.41) is 0. The molecule has 0 spiro atoms. The molecule has 1 aliphatic carbocycles. The smallest absolute Gasteiger partial charge is 0.00132 e. The Bertz CT molecular complexity index is 166. The van der Waals surface area contributed by atoms with Gasteiger partial charge in [0, 0.05) is 6.04 Å². The normalized spacial score (nSPS) is 25.3. The highest BCUT2D eigenvalue weighted by Gasteiger charge is 2.41. The largest absolute Gasteiger partial charge is 0.328 e. The third-order valence-electron chi connectivity index (χ3n) is 4.39. The quantitative estimate of drug-likeness (QED) is 0.732. The van der Waals surface area contributed by atoms with Crippen molar-refractivity contribution in [1.82, 2.24) is 0 Å². The maximum Gasteiger partial charge on any atom is 0.00132 e. The van der Waals surface area contributed by atoms with Crippen molar-refractivity contribution in [2.45, 2.75) is 65.8 Å². The molecular formula is C13H27N. The zero-order chi connectivity index (χ0) is 10.8. The lowest BCUT2D eigenvalue weighted by molar-refractivity contribution is 0.0976. The molecule has 1 saturated carbocycles. The molecule has 0 aromatic rings. The fourth-order valence-electron chi connectivity index (χ4n) is 3.46. The summed E-state index contributed by atoms with van der Waals surface area (Å²) in [5.41, 5.74) is 6.52. The van der Waals surface area contributed by atoms with Gasteiger partial charge in [-0.15, -0.1) is 0 Å². The Morgan fingerprint density at radius 2 is 1.57 bits per heavy atom. The molecule has 0 bridgehead atoms. The van der Waals surface area contributed by atoms with Gasteiger partial charge in [-0.1, -0.05) is 33.6 Å². The van der Waals surface area contributed by atoms with Crippen molar-refractivity contribution in [2.24, 2.45) is 23.0 Å². The van der Waals surface area contributed by atoms with E-state index in [1.54, 1.807) is 0 Å². The fourth-order valence-corrected chi connectivity index (χ4v) is 3.46. The zero-order valence-corrected chi connectivity index (χ0v) is 10.3. The Hall–Kier alpha value is -0.0400. The first-order valence-electron chi connectivity index (χ1n) is 6.24. The van der Waals surface area contributed by atoms with Crippen LogP contribution in [0, 0.1) is 17.3 Å². The molecule has 0 aromatic carbocycles. The number of hydrogen-bond donors (Lipinski definition) is 1. The van der Waals surface area contributed by atoms with Gasteiger partial charge in [-0.25, -0.2) is 0 Å². The van der Waals surface area contributed by atoms with Crippen LogP contribution in [0.4, 0.5) is 0 Å². The molecular weight excluding hydrogens is 170 g/mol. The van der Waals surface area contributed by atoms with Crippen LogP contribution in [0.1, 0.15) is 59.8 Å². The predicted molar refractivity (Wildman–Crippen MR) is 63.2 cm³/mol. The van der Waals surface area contributed by atoms with Gasteiger partial charge in [-0.3, -0.25) is 0 Å². The summed E-state index contributed by atoms with van der Waals surface area (Å²) in [6.07, 6.45) is 6.91. The monoisotopic (exact) mass is 197 g/mol. The number of rotatable bonds is 4. The summed E-state index contributed by atoms with van der Waals surface area (Å²) in [7, 11) is 0. The Morgan fingerprint density at radius 1 is 1.07 bits per heavy atom. The maximum absolute atomic E-state index is 5.92. The van der Waals surface area contributed by atoms with Gasteiger partial charge in [0.15, 0.2) is 0 Å². The van der Waals surface area contributed by atoms with Gasteiger partial charge < -0.3 is 5.73 Å². The molecule has 14 heavy (non-hydrogen) atoms. The highest BCUT2D eigenvalue weighted by Crippen LogP contribution is 2.50. The number of nitrogens with two attached hydrogens (primary N) is 1. The average Bonchev–Trinajstić information content (AvgIpc) is 2.51. The lowest BCUT2D eigenvalue weighted by Gasteiger charge is -2.40. The molecule has 0 aromatic heterocycles. The molecule has 1 nitrogen and oxygen atoms in total. The van der Waals surface area contributed by atoms with Crippen LogP contribution in [-0.4, -0.2) is 6.04 Å². The SMILES string of the molecule is CC(N)CC(C)C1(C(C)C)CCCC1. The van der Waals surface area contributed by atoms with Gasteiger partial charge >= 0.3 is 0 Å². The summed E-state index contributed by atoms with van der Waals surface area (Å²) in [6.45, 7) is 9.33. The van der Waals surface area contributed by atoms with E-state index in [0.29, 0.717) is 11.5 Å². The minimum atomic E-state index is 0.362. The molecule has 0 aliphatic heterocycles. The van der Waals surface area contributed by atoms with E-state index in [0.717, 1.165) is 11.8 Å². The van der Waals surface area contributed by atoms with Gasteiger partial charge in [-0.2, -0.15) is 0 Å². The standard InChI is InChI=1S/C13H27N/c1-10(2)13(7-5-6-8-13)11(3)9-12(4)14/h10-12H,5-9,14H2,1-4H3. The molecule has 2 unspecified atom stereocenters. The van der Waals surface area contributed by atoms with E-state index < -0.39 is 0 Å². The second kappa shape index (κ2) is 4.65. The zero-order valence-electron chi connectivity index (χ0n) is 10.3. The topological polar surface area (TPSA) is 26.0 Å². The first-order chi connectivity index (χ1) is 6.49. The number of hydrogen-bond acceptors (Lipinski definition) is 1. The first kappa shape index (κ1) is 12.0. The molecule has 2 N–H and O–H groups in total. The Labute approximate surface area is 89.5 Å². The third-order valence-corrected chi connectivity index (χ3v) is 4.39. The lowest BCUT2D eigenvalue weighted by Crippen LogP contribution is -2.34. The molecule has 1 heteroatoms. The van der Waals surface area contributed by atoms with E-state index >= 15 is 0 Å². The van der Waals surface area contributed by atoms with Crippen molar-refractivity contribution in [3.05, 3.63) is 0 Å². The van der Waals surface area contributed by atoms with Crippen LogP contribution in [0.3, 0.4) is 0 Å². The van der Waals surface area contributed by atoms with Gasteiger partial charge in [0.2, 0.25) is 0 Å². The second-order valence-electron chi connectivity index (χ2n) is 5.71. The lowest BCUT2D eigenvalue weighted by atomic mass is 9.65. The van der Waals surface area contributed by atoms with Gasteiger partial charge in [0.05, 0.1) is 0 Å². The van der Waals surface area contributed by atoms with E-state index in [1.807, 2.05) is 0 Å². The Morgan fingerprint density at radius 3 is 1.93 bits per heavy atom. The van der Waals surface area contributed by atoms with Crippen molar-refractivity contribution in [1.29, 1.82) is 0 Å². The minimum absolute atomic E-state index is 0.362. The van der Waals surface area contributed by atoms with Crippen LogP contribution < -0.4 is 5.73 Å². The average molecular weight is 197 g/mol. The van der Waals surface area contributed by atoms with E-state index in [2.05, 4.69) is 27.7 Å². The second-order valence-corrected chi connectivity index (χ2v) is 5.71. The fraction of sp³-hybridized carbons (Fsp3) is 1.00. The van der Waals surface area contributed by atoms with Crippen molar-refractivity contribution >= 4 is 0 Å². The molecule has 2 atom stereocenters. The predicted octanol–water partition coefficient (Wildman–Crippen LogP) is 3.58. The van der Waals surface area contributed by atoms with E-state index in [4.69, 9.17) is 5.73 Å². The summed E-state index contributed by atoms with van der Waals surface area (Å²) in [4.78, 5) is 0. The molecule has 0 radical (unpaired) electrons. The van der Waals surface area contributed by atoms with Gasteiger partial charge in [0.1, 0.15) is 0 Å². The van der Waals surface area contributed by atoms with Gasteiger partial charge in [-0.05, 0) is 43.4 Å². The summed E-state index contributed by atoms with van der Waals surface area (Å²) in [5.74, 6) is 1.61. The Kier molecular flexibility index (Phi) is 4.00. The van der Waals surface area contributed by atoms with E-state index in [1.165, 1.54) is 32.1 Å². The van der Waals surface area contributed by atoms with Gasteiger partial charge in [0.25, 0.3) is 0 Å². The van der Waals surface area contributed by atoms with Crippen LogP contribution in [0.2, 0.25) is 0 Å². The molecule has 1 aliphatic rings. The highest BCUT2D eigenvalue weighted by molar-refractivity contribution is 4.91. The van der Waals surface area contributed by atoms with Crippen LogP contribution in [0.5, 0.6) is 0 Å². The Balaban J connectivity index is 2.67. The minimum Gasteiger partial charge on any atom is -0.328 e. The molecule has 1 fully saturated rings. The summed E-state index contributed by atoms with van der Waals surface area (Å²) >= 11 is 0. The molecule has 0 amide bonds. The molecule has 1 rings (SSSR count). The van der Waals surface area contributed by atoms with Crippen LogP contribution >= 0.6 is 0 Å². The van der Waals surface area contributed by atoms with Crippen LogP contribution in [0.15, 0.2) is 0 Å². The molecule has 84 valence electrons. The highest BCUT2D eigenvalue weighted by atomic mass is 14.6. The first-order valence-corrected chi connectivity index (χ1v) is 6.24. The van der Waals surface area contributed by atoms with E-state index in [-0.39, 0.29) is 0 Å². The van der Waals surface area contributed by atoms with Crippen LogP contribution in [0.25, 0.3) is 0 Å². The maximum atomic E-state index is 5.92. The van der Waals surface area contributed by atoms with Crippen molar-refractivity contribution in [3.63, 3.8) is 0 Å². The van der Waals surface area contributed by atoms with E-state index in [9.17, 15) is 0 Å². The van der Waals surface area contributed by atoms with Crippen molar-refractivity contribution < 1.29 is 0 Å². The van der Waals surface area contributed by atoms with Crippen molar-refractivity contribution in [2.75, 3.05) is 0 Å². The van der Waals surface area contributed by atoms with Crippen molar-refractivity contribution in [3.8, 4) is 0 Å².